The van der Waals surface area contributed by atoms with E-state index in [4.69, 9.17) is 4.84 Å². The number of hydrogen-bond donors (Lipinski definition) is 0. The van der Waals surface area contributed by atoms with Crippen molar-refractivity contribution in [3.05, 3.63) is 35.9 Å². The second-order valence-electron chi connectivity index (χ2n) is 5.90. The SMILES string of the molecule is CC(C)(C)C(=O)ON1CC(C(=O)c2ccccc2)C1. The van der Waals surface area contributed by atoms with Crippen LogP contribution in [-0.2, 0) is 9.63 Å². The average molecular weight is 261 g/mol. The molecule has 4 heteroatoms. The molecule has 1 heterocycles. The zero-order valence-electron chi connectivity index (χ0n) is 11.6. The predicted octanol–water partition coefficient (Wildman–Crippen LogP) is 2.31. The van der Waals surface area contributed by atoms with Crippen molar-refractivity contribution >= 4 is 11.8 Å². The van der Waals surface area contributed by atoms with Gasteiger partial charge in [-0.25, -0.2) is 4.79 Å². The largest absolute Gasteiger partial charge is 0.367 e. The maximum Gasteiger partial charge on any atom is 0.330 e. The Morgan fingerprint density at radius 1 is 1.16 bits per heavy atom. The molecule has 0 unspecified atom stereocenters. The topological polar surface area (TPSA) is 46.6 Å². The second-order valence-corrected chi connectivity index (χ2v) is 5.90. The van der Waals surface area contributed by atoms with E-state index in [1.54, 1.807) is 5.06 Å². The highest BCUT2D eigenvalue weighted by Crippen LogP contribution is 2.23. The summed E-state index contributed by atoms with van der Waals surface area (Å²) in [6.45, 7) is 6.39. The molecule has 0 saturated carbocycles. The molecule has 0 amide bonds. The van der Waals surface area contributed by atoms with Gasteiger partial charge in [-0.2, -0.15) is 0 Å². The summed E-state index contributed by atoms with van der Waals surface area (Å²) in [5.41, 5.74) is 0.198. The number of Topliss-reactive ketones (excluding diaryl/α,β-unsaturated/α-hetero) is 1. The van der Waals surface area contributed by atoms with E-state index in [1.807, 2.05) is 51.1 Å². The van der Waals surface area contributed by atoms with Gasteiger partial charge in [-0.15, -0.1) is 5.06 Å². The van der Waals surface area contributed by atoms with Gasteiger partial charge < -0.3 is 4.84 Å². The molecule has 2 rings (SSSR count). The Bertz CT molecular complexity index is 470. The van der Waals surface area contributed by atoms with Crippen molar-refractivity contribution in [3.8, 4) is 0 Å². The molecule has 19 heavy (non-hydrogen) atoms. The Morgan fingerprint density at radius 2 is 1.74 bits per heavy atom. The molecular weight excluding hydrogens is 242 g/mol. The first-order valence-corrected chi connectivity index (χ1v) is 6.44. The summed E-state index contributed by atoms with van der Waals surface area (Å²) in [5, 5.41) is 1.55. The number of carbonyl (C=O) groups excluding carboxylic acids is 2. The molecule has 0 aromatic heterocycles. The summed E-state index contributed by atoms with van der Waals surface area (Å²) < 4.78 is 0. The number of hydroxylamine groups is 2. The monoisotopic (exact) mass is 261 g/mol. The van der Waals surface area contributed by atoms with Gasteiger partial charge in [-0.05, 0) is 20.8 Å². The lowest BCUT2D eigenvalue weighted by Crippen LogP contribution is -2.51. The second kappa shape index (κ2) is 5.13. The molecule has 1 aromatic carbocycles. The Balaban J connectivity index is 1.84. The minimum Gasteiger partial charge on any atom is -0.367 e. The predicted molar refractivity (Wildman–Crippen MR) is 71.4 cm³/mol. The summed E-state index contributed by atoms with van der Waals surface area (Å²) >= 11 is 0. The molecule has 0 spiro atoms. The van der Waals surface area contributed by atoms with Crippen LogP contribution in [-0.4, -0.2) is 29.9 Å². The first-order valence-electron chi connectivity index (χ1n) is 6.44. The van der Waals surface area contributed by atoms with Crippen molar-refractivity contribution in [2.24, 2.45) is 11.3 Å². The summed E-state index contributed by atoms with van der Waals surface area (Å²) in [6.07, 6.45) is 0. The fourth-order valence-corrected chi connectivity index (χ4v) is 1.77. The van der Waals surface area contributed by atoms with Gasteiger partial charge in [0.05, 0.1) is 11.3 Å². The lowest BCUT2D eigenvalue weighted by Gasteiger charge is -2.37. The lowest BCUT2D eigenvalue weighted by molar-refractivity contribution is -0.223. The summed E-state index contributed by atoms with van der Waals surface area (Å²) in [5.74, 6) is -0.225. The molecule has 1 aliphatic heterocycles. The third-order valence-electron chi connectivity index (χ3n) is 3.10. The van der Waals surface area contributed by atoms with Crippen LogP contribution in [0.3, 0.4) is 0 Å². The average Bonchev–Trinajstić information content (AvgIpc) is 2.32. The van der Waals surface area contributed by atoms with Gasteiger partial charge in [-0.1, -0.05) is 30.3 Å². The Morgan fingerprint density at radius 3 is 2.26 bits per heavy atom. The minimum absolute atomic E-state index is 0.0739. The van der Waals surface area contributed by atoms with E-state index in [2.05, 4.69) is 0 Å². The smallest absolute Gasteiger partial charge is 0.330 e. The van der Waals surface area contributed by atoms with Crippen LogP contribution in [0.1, 0.15) is 31.1 Å². The molecular formula is C15H19NO3. The van der Waals surface area contributed by atoms with Gasteiger partial charge in [0.2, 0.25) is 0 Å². The molecule has 1 fully saturated rings. The van der Waals surface area contributed by atoms with Crippen molar-refractivity contribution in [2.75, 3.05) is 13.1 Å². The first-order chi connectivity index (χ1) is 8.88. The molecule has 0 radical (unpaired) electrons. The highest BCUT2D eigenvalue weighted by atomic mass is 16.7. The molecule has 0 atom stereocenters. The zero-order chi connectivity index (χ0) is 14.0. The van der Waals surface area contributed by atoms with Crippen LogP contribution in [0.15, 0.2) is 30.3 Å². The van der Waals surface area contributed by atoms with Crippen LogP contribution in [0, 0.1) is 11.3 Å². The molecule has 1 saturated heterocycles. The quantitative estimate of drug-likeness (QED) is 0.783. The zero-order valence-corrected chi connectivity index (χ0v) is 11.6. The van der Waals surface area contributed by atoms with Crippen molar-refractivity contribution in [1.29, 1.82) is 0 Å². The van der Waals surface area contributed by atoms with Crippen LogP contribution >= 0.6 is 0 Å². The molecule has 0 N–H and O–H groups in total. The molecule has 4 nitrogen and oxygen atoms in total. The van der Waals surface area contributed by atoms with Crippen molar-refractivity contribution < 1.29 is 14.4 Å². The standard InChI is InChI=1S/C15H19NO3/c1-15(2,3)14(18)19-16-9-12(10-16)13(17)11-7-5-4-6-8-11/h4-8,12H,9-10H2,1-3H3. The van der Waals surface area contributed by atoms with E-state index in [0.29, 0.717) is 18.7 Å². The highest BCUT2D eigenvalue weighted by Gasteiger charge is 2.37. The van der Waals surface area contributed by atoms with Gasteiger partial charge in [0.25, 0.3) is 0 Å². The van der Waals surface area contributed by atoms with E-state index in [0.717, 1.165) is 0 Å². The maximum absolute atomic E-state index is 12.1. The van der Waals surface area contributed by atoms with Gasteiger partial charge in [0, 0.05) is 18.7 Å². The van der Waals surface area contributed by atoms with E-state index >= 15 is 0 Å². The summed E-state index contributed by atoms with van der Waals surface area (Å²) in [7, 11) is 0. The van der Waals surface area contributed by atoms with Crippen LogP contribution in [0.4, 0.5) is 0 Å². The first kappa shape index (κ1) is 13.7. The third kappa shape index (κ3) is 3.20. The van der Waals surface area contributed by atoms with Crippen molar-refractivity contribution in [1.82, 2.24) is 5.06 Å². The number of carbonyl (C=O) groups is 2. The Kier molecular flexibility index (Phi) is 3.71. The summed E-state index contributed by atoms with van der Waals surface area (Å²) in [4.78, 5) is 29.0. The fraction of sp³-hybridized carbons (Fsp3) is 0.467. The molecule has 0 aliphatic carbocycles. The lowest BCUT2D eigenvalue weighted by atomic mass is 9.92. The van der Waals surface area contributed by atoms with Gasteiger partial charge in [-0.3, -0.25) is 4.79 Å². The van der Waals surface area contributed by atoms with E-state index < -0.39 is 5.41 Å². The maximum atomic E-state index is 12.1. The van der Waals surface area contributed by atoms with Gasteiger partial charge >= 0.3 is 5.97 Å². The third-order valence-corrected chi connectivity index (χ3v) is 3.10. The van der Waals surface area contributed by atoms with E-state index in [-0.39, 0.29) is 17.7 Å². The van der Waals surface area contributed by atoms with Crippen LogP contribution in [0.2, 0.25) is 0 Å². The summed E-state index contributed by atoms with van der Waals surface area (Å²) in [6, 6.07) is 9.21. The van der Waals surface area contributed by atoms with E-state index in [9.17, 15) is 9.59 Å². The van der Waals surface area contributed by atoms with Gasteiger partial charge in [0.15, 0.2) is 5.78 Å². The van der Waals surface area contributed by atoms with Gasteiger partial charge in [0.1, 0.15) is 0 Å². The number of nitrogens with zero attached hydrogens (tertiary/aromatic N) is 1. The number of ketones is 1. The number of rotatable bonds is 3. The minimum atomic E-state index is -0.519. The van der Waals surface area contributed by atoms with Crippen LogP contribution in [0.25, 0.3) is 0 Å². The highest BCUT2D eigenvalue weighted by molar-refractivity contribution is 5.98. The molecule has 0 bridgehead atoms. The molecule has 102 valence electrons. The van der Waals surface area contributed by atoms with E-state index in [1.165, 1.54) is 0 Å². The normalized spacial score (nSPS) is 16.8. The number of benzene rings is 1. The molecule has 1 aliphatic rings. The molecule has 1 aromatic rings. The fourth-order valence-electron chi connectivity index (χ4n) is 1.77. The number of hydrogen-bond acceptors (Lipinski definition) is 4. The van der Waals surface area contributed by atoms with Crippen molar-refractivity contribution in [2.45, 2.75) is 20.8 Å². The Labute approximate surface area is 113 Å². The Hall–Kier alpha value is -1.68. The van der Waals surface area contributed by atoms with Crippen LogP contribution in [0.5, 0.6) is 0 Å². The van der Waals surface area contributed by atoms with Crippen LogP contribution < -0.4 is 0 Å². The van der Waals surface area contributed by atoms with Crippen molar-refractivity contribution in [3.63, 3.8) is 0 Å².